The summed E-state index contributed by atoms with van der Waals surface area (Å²) in [5.41, 5.74) is -0.613. The van der Waals surface area contributed by atoms with Gasteiger partial charge in [-0.15, -0.1) is 0 Å². The number of carbonyl (C=O) groups is 2. The van der Waals surface area contributed by atoms with Crippen LogP contribution >= 0.6 is 0 Å². The lowest BCUT2D eigenvalue weighted by Crippen LogP contribution is -2.56. The van der Waals surface area contributed by atoms with E-state index < -0.39 is 5.54 Å². The second-order valence-corrected chi connectivity index (χ2v) is 6.81. The van der Waals surface area contributed by atoms with Crippen LogP contribution in [0.2, 0.25) is 0 Å². The quantitative estimate of drug-likeness (QED) is 0.860. The molecule has 2 aliphatic heterocycles. The predicted octanol–water partition coefficient (Wildman–Crippen LogP) is 1.61. The first-order valence-corrected chi connectivity index (χ1v) is 8.34. The molecule has 0 aromatic heterocycles. The summed E-state index contributed by atoms with van der Waals surface area (Å²) >= 11 is 0. The molecule has 5 nitrogen and oxygen atoms in total. The van der Waals surface area contributed by atoms with Crippen LogP contribution in [-0.4, -0.2) is 47.6 Å². The maximum Gasteiger partial charge on any atom is 0.248 e. The van der Waals surface area contributed by atoms with Crippen molar-refractivity contribution >= 4 is 11.8 Å². The van der Waals surface area contributed by atoms with Crippen molar-refractivity contribution in [1.82, 2.24) is 10.2 Å². The third kappa shape index (κ3) is 2.93. The summed E-state index contributed by atoms with van der Waals surface area (Å²) in [6, 6.07) is -0.0149. The largest absolute Gasteiger partial charge is 0.378 e. The summed E-state index contributed by atoms with van der Waals surface area (Å²) in [6.07, 6.45) is 7.45. The van der Waals surface area contributed by atoms with E-state index in [1.807, 2.05) is 11.8 Å². The zero-order valence-electron chi connectivity index (χ0n) is 12.9. The van der Waals surface area contributed by atoms with Gasteiger partial charge in [-0.3, -0.25) is 9.59 Å². The summed E-state index contributed by atoms with van der Waals surface area (Å²) in [7, 11) is 0. The zero-order chi connectivity index (χ0) is 14.9. The van der Waals surface area contributed by atoms with Crippen LogP contribution in [0.3, 0.4) is 0 Å². The number of hydrogen-bond acceptors (Lipinski definition) is 3. The lowest BCUT2D eigenvalue weighted by Gasteiger charge is -2.34. The fourth-order valence-corrected chi connectivity index (χ4v) is 4.02. The Bertz CT molecular complexity index is 412. The molecule has 2 unspecified atom stereocenters. The predicted molar refractivity (Wildman–Crippen MR) is 78.7 cm³/mol. The first-order valence-electron chi connectivity index (χ1n) is 8.34. The number of amides is 2. The van der Waals surface area contributed by atoms with Crippen molar-refractivity contribution < 1.29 is 14.3 Å². The van der Waals surface area contributed by atoms with E-state index in [-0.39, 0.29) is 24.0 Å². The molecule has 0 aromatic carbocycles. The Morgan fingerprint density at radius 3 is 2.71 bits per heavy atom. The molecule has 3 aliphatic rings. The first-order chi connectivity index (χ1) is 10.1. The minimum Gasteiger partial charge on any atom is -0.378 e. The van der Waals surface area contributed by atoms with Crippen molar-refractivity contribution in [1.29, 1.82) is 0 Å². The topological polar surface area (TPSA) is 58.6 Å². The highest BCUT2D eigenvalue weighted by molar-refractivity contribution is 5.94. The van der Waals surface area contributed by atoms with Crippen LogP contribution in [-0.2, 0) is 14.3 Å². The van der Waals surface area contributed by atoms with E-state index in [2.05, 4.69) is 5.32 Å². The normalized spacial score (nSPS) is 32.5. The first kappa shape index (κ1) is 14.8. The van der Waals surface area contributed by atoms with Gasteiger partial charge in [0.05, 0.1) is 6.10 Å². The summed E-state index contributed by atoms with van der Waals surface area (Å²) in [5, 5.41) is 3.03. The molecule has 0 radical (unpaired) electrons. The van der Waals surface area contributed by atoms with E-state index in [1.54, 1.807) is 0 Å². The van der Waals surface area contributed by atoms with Crippen LogP contribution in [0.25, 0.3) is 0 Å². The van der Waals surface area contributed by atoms with Gasteiger partial charge in [0.25, 0.3) is 0 Å². The van der Waals surface area contributed by atoms with Crippen molar-refractivity contribution in [2.24, 2.45) is 0 Å². The minimum absolute atomic E-state index is 0.0149. The van der Waals surface area contributed by atoms with Crippen molar-refractivity contribution in [3.05, 3.63) is 0 Å². The minimum atomic E-state index is -0.613. The van der Waals surface area contributed by atoms with Gasteiger partial charge in [-0.2, -0.15) is 0 Å². The number of rotatable bonds is 3. The second kappa shape index (κ2) is 5.95. The standard InChI is InChI=1S/C16H26N2O3/c1-12-11-14(19)17-16(7-2-3-8-16)15(20)18(12)9-6-13-5-4-10-21-13/h12-13H,2-11H2,1H3,(H,17,19). The molecule has 2 amide bonds. The highest BCUT2D eigenvalue weighted by Crippen LogP contribution is 2.34. The fourth-order valence-electron chi connectivity index (χ4n) is 4.02. The summed E-state index contributed by atoms with van der Waals surface area (Å²) < 4.78 is 5.66. The maximum atomic E-state index is 13.0. The Balaban J connectivity index is 1.72. The number of hydrogen-bond donors (Lipinski definition) is 1. The third-order valence-electron chi connectivity index (χ3n) is 5.23. The molecule has 3 rings (SSSR count). The molecule has 1 saturated carbocycles. The van der Waals surface area contributed by atoms with Gasteiger partial charge in [0.2, 0.25) is 11.8 Å². The molecule has 1 spiro atoms. The molecular weight excluding hydrogens is 268 g/mol. The number of nitrogens with zero attached hydrogens (tertiary/aromatic N) is 1. The van der Waals surface area contributed by atoms with Gasteiger partial charge in [0, 0.05) is 25.6 Å². The van der Waals surface area contributed by atoms with Gasteiger partial charge >= 0.3 is 0 Å². The Morgan fingerprint density at radius 2 is 2.05 bits per heavy atom. The molecule has 0 aromatic rings. The van der Waals surface area contributed by atoms with Crippen LogP contribution in [0.5, 0.6) is 0 Å². The van der Waals surface area contributed by atoms with Crippen LogP contribution < -0.4 is 5.32 Å². The van der Waals surface area contributed by atoms with Crippen molar-refractivity contribution in [2.45, 2.75) is 76.0 Å². The summed E-state index contributed by atoms with van der Waals surface area (Å²) in [6.45, 7) is 3.54. The third-order valence-corrected chi connectivity index (χ3v) is 5.23. The van der Waals surface area contributed by atoms with E-state index >= 15 is 0 Å². The molecule has 118 valence electrons. The lowest BCUT2D eigenvalue weighted by molar-refractivity contribution is -0.140. The number of carbonyl (C=O) groups excluding carboxylic acids is 2. The van der Waals surface area contributed by atoms with E-state index in [0.29, 0.717) is 13.0 Å². The molecule has 3 fully saturated rings. The van der Waals surface area contributed by atoms with Crippen LogP contribution in [0.4, 0.5) is 0 Å². The van der Waals surface area contributed by atoms with E-state index in [0.717, 1.165) is 51.6 Å². The van der Waals surface area contributed by atoms with Crippen molar-refractivity contribution in [2.75, 3.05) is 13.2 Å². The second-order valence-electron chi connectivity index (χ2n) is 6.81. The summed E-state index contributed by atoms with van der Waals surface area (Å²) in [4.78, 5) is 27.0. The fraction of sp³-hybridized carbons (Fsp3) is 0.875. The molecule has 1 N–H and O–H groups in total. The van der Waals surface area contributed by atoms with Gasteiger partial charge in [0.15, 0.2) is 0 Å². The van der Waals surface area contributed by atoms with Gasteiger partial charge in [-0.1, -0.05) is 12.8 Å². The molecule has 5 heteroatoms. The van der Waals surface area contributed by atoms with Gasteiger partial charge in [-0.05, 0) is 39.0 Å². The molecule has 2 heterocycles. The highest BCUT2D eigenvalue weighted by Gasteiger charge is 2.47. The molecule has 2 atom stereocenters. The van der Waals surface area contributed by atoms with Gasteiger partial charge in [0.1, 0.15) is 5.54 Å². The molecule has 0 bridgehead atoms. The average molecular weight is 294 g/mol. The van der Waals surface area contributed by atoms with E-state index in [1.165, 1.54) is 0 Å². The van der Waals surface area contributed by atoms with Crippen LogP contribution in [0.15, 0.2) is 0 Å². The SMILES string of the molecule is CC1CC(=O)NC2(CCCC2)C(=O)N1CCC1CCCO1. The highest BCUT2D eigenvalue weighted by atomic mass is 16.5. The van der Waals surface area contributed by atoms with Crippen molar-refractivity contribution in [3.63, 3.8) is 0 Å². The Hall–Kier alpha value is -1.10. The van der Waals surface area contributed by atoms with Crippen LogP contribution in [0, 0.1) is 0 Å². The van der Waals surface area contributed by atoms with E-state index in [9.17, 15) is 9.59 Å². The summed E-state index contributed by atoms with van der Waals surface area (Å²) in [5.74, 6) is 0.161. The molecule has 1 aliphatic carbocycles. The Labute approximate surface area is 126 Å². The zero-order valence-corrected chi connectivity index (χ0v) is 12.9. The van der Waals surface area contributed by atoms with Crippen molar-refractivity contribution in [3.8, 4) is 0 Å². The number of nitrogens with one attached hydrogen (secondary N) is 1. The maximum absolute atomic E-state index is 13.0. The van der Waals surface area contributed by atoms with Gasteiger partial charge in [-0.25, -0.2) is 0 Å². The lowest BCUT2D eigenvalue weighted by atomic mass is 9.95. The Kier molecular flexibility index (Phi) is 4.20. The Morgan fingerprint density at radius 1 is 1.29 bits per heavy atom. The monoisotopic (exact) mass is 294 g/mol. The number of ether oxygens (including phenoxy) is 1. The molecule has 21 heavy (non-hydrogen) atoms. The average Bonchev–Trinajstić information content (AvgIpc) is 3.08. The molecular formula is C16H26N2O3. The molecule has 2 saturated heterocycles. The van der Waals surface area contributed by atoms with Crippen LogP contribution in [0.1, 0.15) is 58.3 Å². The van der Waals surface area contributed by atoms with Gasteiger partial charge < -0.3 is 15.0 Å². The van der Waals surface area contributed by atoms with E-state index in [4.69, 9.17) is 4.74 Å². The smallest absolute Gasteiger partial charge is 0.248 e.